The number of hydrogen-bond donors (Lipinski definition) is 0. The van der Waals surface area contributed by atoms with E-state index in [1.54, 1.807) is 16.7 Å². The summed E-state index contributed by atoms with van der Waals surface area (Å²) >= 11 is 0. The van der Waals surface area contributed by atoms with Crippen LogP contribution in [0.5, 0.6) is 0 Å². The average molecular weight is 513 g/mol. The van der Waals surface area contributed by atoms with Crippen LogP contribution in [0, 0.1) is 0 Å². The fourth-order valence-electron chi connectivity index (χ4n) is 5.50. The number of nitrogens with zero attached hydrogens (tertiary/aromatic N) is 4. The maximum atomic E-state index is 13.8. The minimum atomic E-state index is -4.40. The molecule has 1 aromatic heterocycles. The van der Waals surface area contributed by atoms with E-state index in [2.05, 4.69) is 0 Å². The first kappa shape index (κ1) is 25.2. The molecule has 2 fully saturated rings. The van der Waals surface area contributed by atoms with Crippen molar-refractivity contribution in [1.29, 1.82) is 0 Å². The van der Waals surface area contributed by atoms with E-state index in [-0.39, 0.29) is 17.3 Å². The Morgan fingerprint density at radius 2 is 1.46 bits per heavy atom. The summed E-state index contributed by atoms with van der Waals surface area (Å²) in [5.41, 5.74) is 0.233. The van der Waals surface area contributed by atoms with Crippen molar-refractivity contribution in [3.05, 3.63) is 92.6 Å². The summed E-state index contributed by atoms with van der Waals surface area (Å²) < 4.78 is 42.7. The van der Waals surface area contributed by atoms with E-state index < -0.39 is 11.7 Å². The molecule has 1 aliphatic carbocycles. The summed E-state index contributed by atoms with van der Waals surface area (Å²) in [5.74, 6) is 0.564. The van der Waals surface area contributed by atoms with Gasteiger partial charge in [0.15, 0.2) is 0 Å². The smallest absolute Gasteiger partial charge is 0.368 e. The molecule has 1 saturated carbocycles. The number of halogens is 3. The second kappa shape index (κ2) is 10.5. The van der Waals surface area contributed by atoms with Gasteiger partial charge in [-0.05, 0) is 36.6 Å². The van der Waals surface area contributed by atoms with Crippen molar-refractivity contribution in [3.8, 4) is 0 Å². The SMILES string of the molecule is O=c1cc(N2CCN(c3cccc(C(F)(F)F)c3)CC2)n(Cc2ccccc2)c(=O)n1C1CCCCC1. The molecule has 5 rings (SSSR count). The number of alkyl halides is 3. The molecule has 196 valence electrons. The van der Waals surface area contributed by atoms with Gasteiger partial charge in [-0.1, -0.05) is 55.7 Å². The molecule has 1 saturated heterocycles. The van der Waals surface area contributed by atoms with Gasteiger partial charge in [0.1, 0.15) is 5.82 Å². The van der Waals surface area contributed by atoms with E-state index in [0.717, 1.165) is 43.7 Å². The molecule has 1 aliphatic heterocycles. The van der Waals surface area contributed by atoms with Gasteiger partial charge < -0.3 is 9.80 Å². The Labute approximate surface area is 213 Å². The lowest BCUT2D eigenvalue weighted by atomic mass is 9.95. The van der Waals surface area contributed by atoms with E-state index in [9.17, 15) is 22.8 Å². The van der Waals surface area contributed by atoms with Crippen LogP contribution >= 0.6 is 0 Å². The predicted molar refractivity (Wildman–Crippen MR) is 138 cm³/mol. The van der Waals surface area contributed by atoms with Crippen LogP contribution in [-0.2, 0) is 12.7 Å². The first-order chi connectivity index (χ1) is 17.8. The van der Waals surface area contributed by atoms with Crippen LogP contribution in [-0.4, -0.2) is 35.3 Å². The van der Waals surface area contributed by atoms with Gasteiger partial charge in [0.25, 0.3) is 5.56 Å². The predicted octanol–water partition coefficient (Wildman–Crippen LogP) is 4.91. The number of aromatic nitrogens is 2. The summed E-state index contributed by atoms with van der Waals surface area (Å²) in [4.78, 5) is 30.9. The molecule has 0 bridgehead atoms. The quantitative estimate of drug-likeness (QED) is 0.488. The highest BCUT2D eigenvalue weighted by Gasteiger charge is 2.31. The molecule has 9 heteroatoms. The van der Waals surface area contributed by atoms with Gasteiger partial charge in [0, 0.05) is 44.0 Å². The molecule has 0 amide bonds. The fourth-order valence-corrected chi connectivity index (χ4v) is 5.50. The van der Waals surface area contributed by atoms with Crippen LogP contribution < -0.4 is 21.0 Å². The number of anilines is 2. The van der Waals surface area contributed by atoms with Gasteiger partial charge in [0.2, 0.25) is 0 Å². The van der Waals surface area contributed by atoms with Crippen molar-refractivity contribution in [2.24, 2.45) is 0 Å². The third kappa shape index (κ3) is 5.45. The first-order valence-corrected chi connectivity index (χ1v) is 12.9. The normalized spacial score (nSPS) is 17.3. The van der Waals surface area contributed by atoms with Crippen LogP contribution in [0.2, 0.25) is 0 Å². The Balaban J connectivity index is 1.44. The first-order valence-electron chi connectivity index (χ1n) is 12.9. The van der Waals surface area contributed by atoms with E-state index in [1.165, 1.54) is 16.7 Å². The summed E-state index contributed by atoms with van der Waals surface area (Å²) in [5, 5.41) is 0. The maximum absolute atomic E-state index is 13.8. The summed E-state index contributed by atoms with van der Waals surface area (Å²) in [6, 6.07) is 16.5. The van der Waals surface area contributed by atoms with E-state index >= 15 is 0 Å². The van der Waals surface area contributed by atoms with Crippen LogP contribution in [0.25, 0.3) is 0 Å². The number of hydrogen-bond acceptors (Lipinski definition) is 4. The molecule has 2 aromatic carbocycles. The molecule has 6 nitrogen and oxygen atoms in total. The zero-order chi connectivity index (χ0) is 26.0. The van der Waals surface area contributed by atoms with Crippen molar-refractivity contribution < 1.29 is 13.2 Å². The lowest BCUT2D eigenvalue weighted by Crippen LogP contribution is -2.50. The highest BCUT2D eigenvalue weighted by atomic mass is 19.4. The van der Waals surface area contributed by atoms with Crippen LogP contribution in [0.3, 0.4) is 0 Å². The zero-order valence-corrected chi connectivity index (χ0v) is 20.7. The van der Waals surface area contributed by atoms with Crippen molar-refractivity contribution in [2.45, 2.75) is 50.9 Å². The van der Waals surface area contributed by atoms with Crippen molar-refractivity contribution >= 4 is 11.5 Å². The van der Waals surface area contributed by atoms with Crippen molar-refractivity contribution in [2.75, 3.05) is 36.0 Å². The molecule has 37 heavy (non-hydrogen) atoms. The number of benzene rings is 2. The summed E-state index contributed by atoms with van der Waals surface area (Å²) in [6.45, 7) is 2.27. The average Bonchev–Trinajstić information content (AvgIpc) is 2.91. The molecule has 0 spiro atoms. The summed E-state index contributed by atoms with van der Waals surface area (Å²) in [7, 11) is 0. The lowest BCUT2D eigenvalue weighted by molar-refractivity contribution is -0.137. The molecule has 2 heterocycles. The van der Waals surface area contributed by atoms with Crippen LogP contribution in [0.4, 0.5) is 24.7 Å². The second-order valence-electron chi connectivity index (χ2n) is 9.88. The Morgan fingerprint density at radius 3 is 2.14 bits per heavy atom. The van der Waals surface area contributed by atoms with Gasteiger partial charge >= 0.3 is 11.9 Å². The minimum Gasteiger partial charge on any atom is -0.368 e. The molecule has 0 unspecified atom stereocenters. The van der Waals surface area contributed by atoms with Gasteiger partial charge in [-0.2, -0.15) is 13.2 Å². The van der Waals surface area contributed by atoms with Crippen LogP contribution in [0.1, 0.15) is 49.3 Å². The molecular weight excluding hydrogens is 481 g/mol. The molecule has 3 aromatic rings. The van der Waals surface area contributed by atoms with Gasteiger partial charge in [-0.25, -0.2) is 4.79 Å². The third-order valence-corrected chi connectivity index (χ3v) is 7.47. The van der Waals surface area contributed by atoms with Crippen LogP contribution in [0.15, 0.2) is 70.3 Å². The summed E-state index contributed by atoms with van der Waals surface area (Å²) in [6.07, 6.45) is 0.402. The van der Waals surface area contributed by atoms with Gasteiger partial charge in [0.05, 0.1) is 12.1 Å². The highest BCUT2D eigenvalue weighted by Crippen LogP contribution is 2.32. The van der Waals surface area contributed by atoms with Crippen molar-refractivity contribution in [3.63, 3.8) is 0 Å². The molecule has 0 atom stereocenters. The van der Waals surface area contributed by atoms with E-state index in [0.29, 0.717) is 44.2 Å². The van der Waals surface area contributed by atoms with E-state index in [1.807, 2.05) is 40.1 Å². The largest absolute Gasteiger partial charge is 0.416 e. The number of piperazine rings is 1. The molecular formula is C28H31F3N4O2. The van der Waals surface area contributed by atoms with Gasteiger partial charge in [-0.3, -0.25) is 13.9 Å². The highest BCUT2D eigenvalue weighted by molar-refractivity contribution is 5.52. The zero-order valence-electron chi connectivity index (χ0n) is 20.7. The Kier molecular flexibility index (Phi) is 7.13. The fraction of sp³-hybridized carbons (Fsp3) is 0.429. The van der Waals surface area contributed by atoms with E-state index in [4.69, 9.17) is 0 Å². The second-order valence-corrected chi connectivity index (χ2v) is 9.88. The standard InChI is InChI=1S/C28H31F3N4O2/c29-28(30,31)22-10-7-13-24(18-22)32-14-16-33(17-15-32)25-19-26(36)35(23-11-5-2-6-12-23)27(37)34(25)20-21-8-3-1-4-9-21/h1,3-4,7-10,13,18-19,23H,2,5-6,11-12,14-17,20H2. The molecule has 2 aliphatic rings. The lowest BCUT2D eigenvalue weighted by Gasteiger charge is -2.38. The minimum absolute atomic E-state index is 0.0809. The molecule has 0 radical (unpaired) electrons. The molecule has 0 N–H and O–H groups in total. The van der Waals surface area contributed by atoms with Crippen molar-refractivity contribution in [1.82, 2.24) is 9.13 Å². The third-order valence-electron chi connectivity index (χ3n) is 7.47. The Bertz CT molecular complexity index is 1340. The number of rotatable bonds is 5. The maximum Gasteiger partial charge on any atom is 0.416 e. The topological polar surface area (TPSA) is 50.5 Å². The van der Waals surface area contributed by atoms with Gasteiger partial charge in [-0.15, -0.1) is 0 Å². The Morgan fingerprint density at radius 1 is 0.784 bits per heavy atom. The monoisotopic (exact) mass is 512 g/mol. The Hall–Kier alpha value is -3.49.